The Morgan fingerprint density at radius 3 is 2.67 bits per heavy atom. The lowest BCUT2D eigenvalue weighted by molar-refractivity contribution is -0.125. The number of anilines is 2. The lowest BCUT2D eigenvalue weighted by Gasteiger charge is -2.32. The van der Waals surface area contributed by atoms with Gasteiger partial charge in [0, 0.05) is 42.7 Å². The molecule has 1 amide bonds. The van der Waals surface area contributed by atoms with Gasteiger partial charge in [0.25, 0.3) is 0 Å². The number of benzene rings is 1. The van der Waals surface area contributed by atoms with E-state index in [1.165, 1.54) is 15.8 Å². The number of amides is 1. The van der Waals surface area contributed by atoms with E-state index >= 15 is 0 Å². The molecule has 1 aliphatic rings. The fourth-order valence-corrected chi connectivity index (χ4v) is 4.98. The molecule has 2 aromatic heterocycles. The summed E-state index contributed by atoms with van der Waals surface area (Å²) in [5.74, 6) is 1.29. The number of hydrogen-bond acceptors (Lipinski definition) is 6. The Morgan fingerprint density at radius 2 is 1.90 bits per heavy atom. The van der Waals surface area contributed by atoms with Gasteiger partial charge in [-0.1, -0.05) is 18.2 Å². The van der Waals surface area contributed by atoms with Crippen LogP contribution in [0.2, 0.25) is 0 Å². The molecule has 158 valence electrons. The molecule has 4 rings (SSSR count). The largest absolute Gasteiger partial charge is 0.385 e. The Kier molecular flexibility index (Phi) is 6.47. The Bertz CT molecular complexity index is 996. The maximum absolute atomic E-state index is 12.6. The number of carbonyl (C=O) groups excluding carboxylic acids is 1. The quantitative estimate of drug-likeness (QED) is 0.559. The molecule has 6 nitrogen and oxygen atoms in total. The van der Waals surface area contributed by atoms with Crippen LogP contribution in [0.3, 0.4) is 0 Å². The van der Waals surface area contributed by atoms with E-state index in [1.54, 1.807) is 17.7 Å². The van der Waals surface area contributed by atoms with Crippen molar-refractivity contribution in [3.63, 3.8) is 0 Å². The highest BCUT2D eigenvalue weighted by Gasteiger charge is 2.27. The van der Waals surface area contributed by atoms with Crippen molar-refractivity contribution in [3.8, 4) is 0 Å². The number of aryl methyl sites for hydroxylation is 2. The van der Waals surface area contributed by atoms with Crippen LogP contribution in [0.5, 0.6) is 0 Å². The minimum Gasteiger partial charge on any atom is -0.385 e. The molecule has 0 unspecified atom stereocenters. The van der Waals surface area contributed by atoms with Crippen LogP contribution in [0.15, 0.2) is 36.7 Å². The van der Waals surface area contributed by atoms with E-state index in [0.717, 1.165) is 55.2 Å². The predicted octanol–water partition coefficient (Wildman–Crippen LogP) is 4.14. The van der Waals surface area contributed by atoms with Gasteiger partial charge < -0.3 is 15.5 Å². The molecule has 3 heterocycles. The van der Waals surface area contributed by atoms with E-state index in [1.807, 2.05) is 18.2 Å². The van der Waals surface area contributed by atoms with Crippen LogP contribution >= 0.6 is 11.3 Å². The van der Waals surface area contributed by atoms with Crippen LogP contribution < -0.4 is 15.5 Å². The molecule has 0 bridgehead atoms. The fourth-order valence-electron chi connectivity index (χ4n) is 3.99. The Hall–Kier alpha value is -2.67. The number of aromatic nitrogens is 2. The molecule has 2 N–H and O–H groups in total. The number of rotatable bonds is 7. The van der Waals surface area contributed by atoms with Crippen molar-refractivity contribution in [2.75, 3.05) is 36.4 Å². The second-order valence-corrected chi connectivity index (χ2v) is 9.06. The van der Waals surface area contributed by atoms with Gasteiger partial charge in [0.05, 0.1) is 5.39 Å². The highest BCUT2D eigenvalue weighted by atomic mass is 32.1. The molecule has 3 aromatic rings. The predicted molar refractivity (Wildman–Crippen MR) is 124 cm³/mol. The Labute approximate surface area is 181 Å². The smallest absolute Gasteiger partial charge is 0.223 e. The summed E-state index contributed by atoms with van der Waals surface area (Å²) >= 11 is 1.73. The minimum atomic E-state index is 0.0889. The summed E-state index contributed by atoms with van der Waals surface area (Å²) in [7, 11) is 0. The van der Waals surface area contributed by atoms with E-state index in [4.69, 9.17) is 0 Å². The molecular weight excluding hydrogens is 394 g/mol. The molecule has 0 aliphatic carbocycles. The van der Waals surface area contributed by atoms with E-state index < -0.39 is 0 Å². The highest BCUT2D eigenvalue weighted by Crippen LogP contribution is 2.35. The van der Waals surface area contributed by atoms with Crippen LogP contribution in [0.4, 0.5) is 11.5 Å². The molecule has 7 heteroatoms. The van der Waals surface area contributed by atoms with E-state index in [9.17, 15) is 4.79 Å². The number of carbonyl (C=O) groups is 1. The molecule has 1 fully saturated rings. The molecular formula is C23H29N5OS. The summed E-state index contributed by atoms with van der Waals surface area (Å²) in [5, 5.41) is 7.66. The fraction of sp³-hybridized carbons (Fsp3) is 0.435. The van der Waals surface area contributed by atoms with Gasteiger partial charge >= 0.3 is 0 Å². The number of piperidine rings is 1. The molecule has 0 atom stereocenters. The summed E-state index contributed by atoms with van der Waals surface area (Å²) < 4.78 is 0. The van der Waals surface area contributed by atoms with Gasteiger partial charge in [-0.2, -0.15) is 0 Å². The SMILES string of the molecule is Cc1sc2ncnc(N3CCC(C(=O)NCCCNc4ccccc4)CC3)c2c1C. The molecule has 0 saturated carbocycles. The number of nitrogens with zero attached hydrogens (tertiary/aromatic N) is 3. The van der Waals surface area contributed by atoms with Crippen molar-refractivity contribution in [2.24, 2.45) is 5.92 Å². The number of thiophene rings is 1. The average molecular weight is 424 g/mol. The monoisotopic (exact) mass is 423 g/mol. The maximum atomic E-state index is 12.6. The second kappa shape index (κ2) is 9.43. The van der Waals surface area contributed by atoms with E-state index in [-0.39, 0.29) is 11.8 Å². The number of para-hydroxylation sites is 1. The lowest BCUT2D eigenvalue weighted by atomic mass is 9.95. The first-order valence-electron chi connectivity index (χ1n) is 10.7. The summed E-state index contributed by atoms with van der Waals surface area (Å²) in [6, 6.07) is 10.1. The third kappa shape index (κ3) is 4.56. The molecule has 1 saturated heterocycles. The van der Waals surface area contributed by atoms with Crippen LogP contribution in [-0.2, 0) is 4.79 Å². The Morgan fingerprint density at radius 1 is 1.13 bits per heavy atom. The summed E-state index contributed by atoms with van der Waals surface area (Å²) in [4.78, 5) is 26.3. The zero-order chi connectivity index (χ0) is 20.9. The van der Waals surface area contributed by atoms with Crippen molar-refractivity contribution in [2.45, 2.75) is 33.1 Å². The van der Waals surface area contributed by atoms with E-state index in [0.29, 0.717) is 6.54 Å². The average Bonchev–Trinajstić information content (AvgIpc) is 3.08. The number of fused-ring (bicyclic) bond motifs is 1. The van der Waals surface area contributed by atoms with Gasteiger partial charge in [-0.15, -0.1) is 11.3 Å². The topological polar surface area (TPSA) is 70.2 Å². The van der Waals surface area contributed by atoms with Gasteiger partial charge in [0.15, 0.2) is 0 Å². The summed E-state index contributed by atoms with van der Waals surface area (Å²) in [5.41, 5.74) is 2.39. The minimum absolute atomic E-state index is 0.0889. The van der Waals surface area contributed by atoms with Crippen LogP contribution in [0.25, 0.3) is 10.2 Å². The number of nitrogens with one attached hydrogen (secondary N) is 2. The third-order valence-corrected chi connectivity index (χ3v) is 6.98. The maximum Gasteiger partial charge on any atom is 0.223 e. The van der Waals surface area contributed by atoms with Gasteiger partial charge in [-0.05, 0) is 50.8 Å². The van der Waals surface area contributed by atoms with Gasteiger partial charge in [0.1, 0.15) is 17.0 Å². The van der Waals surface area contributed by atoms with E-state index in [2.05, 4.69) is 51.5 Å². The van der Waals surface area contributed by atoms with Gasteiger partial charge in [-0.25, -0.2) is 9.97 Å². The molecule has 0 spiro atoms. The van der Waals surface area contributed by atoms with Crippen LogP contribution in [0, 0.1) is 19.8 Å². The zero-order valence-corrected chi connectivity index (χ0v) is 18.5. The van der Waals surface area contributed by atoms with Crippen molar-refractivity contribution in [1.82, 2.24) is 15.3 Å². The first-order chi connectivity index (χ1) is 14.6. The molecule has 0 radical (unpaired) electrons. The van der Waals surface area contributed by atoms with Gasteiger partial charge in [-0.3, -0.25) is 4.79 Å². The van der Waals surface area contributed by atoms with Crippen molar-refractivity contribution < 1.29 is 4.79 Å². The second-order valence-electron chi connectivity index (χ2n) is 7.86. The third-order valence-electron chi connectivity index (χ3n) is 5.87. The van der Waals surface area contributed by atoms with Crippen molar-refractivity contribution in [3.05, 3.63) is 47.1 Å². The standard InChI is InChI=1S/C23H29N5OS/c1-16-17(2)30-23-20(16)21(26-15-27-23)28-13-9-18(10-14-28)22(29)25-12-6-11-24-19-7-4-3-5-8-19/h3-5,7-8,15,18,24H,6,9-14H2,1-2H3,(H,25,29). The Balaban J connectivity index is 1.24. The van der Waals surface area contributed by atoms with Crippen molar-refractivity contribution >= 4 is 39.0 Å². The first-order valence-corrected chi connectivity index (χ1v) is 11.5. The zero-order valence-electron chi connectivity index (χ0n) is 17.6. The molecule has 30 heavy (non-hydrogen) atoms. The lowest BCUT2D eigenvalue weighted by Crippen LogP contribution is -2.41. The molecule has 1 aliphatic heterocycles. The van der Waals surface area contributed by atoms with Crippen LogP contribution in [0.1, 0.15) is 29.7 Å². The normalized spacial score (nSPS) is 14.8. The summed E-state index contributed by atoms with van der Waals surface area (Å²) in [6.45, 7) is 7.55. The highest BCUT2D eigenvalue weighted by molar-refractivity contribution is 7.18. The molecule has 1 aromatic carbocycles. The van der Waals surface area contributed by atoms with Gasteiger partial charge in [0.2, 0.25) is 5.91 Å². The summed E-state index contributed by atoms with van der Waals surface area (Å²) in [6.07, 6.45) is 4.30. The van der Waals surface area contributed by atoms with Crippen molar-refractivity contribution in [1.29, 1.82) is 0 Å². The first kappa shape index (κ1) is 20.6. The number of hydrogen-bond donors (Lipinski definition) is 2. The van der Waals surface area contributed by atoms with Crippen LogP contribution in [-0.4, -0.2) is 42.1 Å².